The highest BCUT2D eigenvalue weighted by Crippen LogP contribution is 2.25. The van der Waals surface area contributed by atoms with Crippen molar-refractivity contribution in [3.8, 4) is 0 Å². The minimum absolute atomic E-state index is 0.0431. The lowest BCUT2D eigenvalue weighted by Crippen LogP contribution is -2.15. The van der Waals surface area contributed by atoms with Crippen molar-refractivity contribution in [3.63, 3.8) is 0 Å². The first kappa shape index (κ1) is 14.1. The Hall–Kier alpha value is -0.960. The van der Waals surface area contributed by atoms with Crippen LogP contribution in [-0.2, 0) is 0 Å². The molecule has 0 aromatic heterocycles. The van der Waals surface area contributed by atoms with Gasteiger partial charge in [-0.3, -0.25) is 0 Å². The summed E-state index contributed by atoms with van der Waals surface area (Å²) in [5, 5.41) is 0. The Morgan fingerprint density at radius 2 is 1.88 bits per heavy atom. The van der Waals surface area contributed by atoms with Crippen LogP contribution in [0.5, 0.6) is 0 Å². The number of hydrogen-bond acceptors (Lipinski definition) is 1. The van der Waals surface area contributed by atoms with Gasteiger partial charge in [-0.25, -0.2) is 8.78 Å². The highest BCUT2D eigenvalue weighted by atomic mass is 19.1. The summed E-state index contributed by atoms with van der Waals surface area (Å²) in [6.45, 7) is 3.75. The molecule has 2 N–H and O–H groups in total. The van der Waals surface area contributed by atoms with Gasteiger partial charge >= 0.3 is 0 Å². The number of aryl methyl sites for hydroxylation is 1. The van der Waals surface area contributed by atoms with Crippen molar-refractivity contribution in [1.82, 2.24) is 0 Å². The molecule has 0 radical (unpaired) electrons. The molecular formula is C14H21F2N. The number of halogens is 2. The predicted octanol–water partition coefficient (Wildman–Crippen LogP) is 4.24. The van der Waals surface area contributed by atoms with Crippen LogP contribution >= 0.6 is 0 Å². The number of unbranched alkanes of at least 4 members (excludes halogenated alkanes) is 3. The molecule has 1 nitrogen and oxygen atoms in total. The Morgan fingerprint density at radius 3 is 2.53 bits per heavy atom. The van der Waals surface area contributed by atoms with Crippen molar-refractivity contribution in [1.29, 1.82) is 0 Å². The molecule has 0 aliphatic heterocycles. The molecule has 1 aromatic carbocycles. The fraction of sp³-hybridized carbons (Fsp3) is 0.571. The molecule has 3 heteroatoms. The summed E-state index contributed by atoms with van der Waals surface area (Å²) in [6, 6.07) is 2.20. The monoisotopic (exact) mass is 241 g/mol. The van der Waals surface area contributed by atoms with Crippen LogP contribution < -0.4 is 5.73 Å². The lowest BCUT2D eigenvalue weighted by atomic mass is 9.98. The summed E-state index contributed by atoms with van der Waals surface area (Å²) in [6.07, 6.45) is 4.91. The molecule has 0 bridgehead atoms. The lowest BCUT2D eigenvalue weighted by molar-refractivity contribution is 0.491. The molecule has 0 saturated carbocycles. The molecule has 0 saturated heterocycles. The molecule has 1 rings (SSSR count). The average Bonchev–Trinajstić information content (AvgIpc) is 2.30. The zero-order valence-corrected chi connectivity index (χ0v) is 10.6. The van der Waals surface area contributed by atoms with Crippen molar-refractivity contribution in [2.75, 3.05) is 0 Å². The van der Waals surface area contributed by atoms with Gasteiger partial charge in [-0.2, -0.15) is 0 Å². The van der Waals surface area contributed by atoms with Gasteiger partial charge in [-0.1, -0.05) is 38.7 Å². The fourth-order valence-electron chi connectivity index (χ4n) is 1.95. The predicted molar refractivity (Wildman–Crippen MR) is 66.8 cm³/mol. The van der Waals surface area contributed by atoms with E-state index >= 15 is 0 Å². The topological polar surface area (TPSA) is 26.0 Å². The second-order valence-electron chi connectivity index (χ2n) is 4.55. The third-order valence-electron chi connectivity index (χ3n) is 3.06. The highest BCUT2D eigenvalue weighted by Gasteiger charge is 2.17. The van der Waals surface area contributed by atoms with Gasteiger partial charge in [0.2, 0.25) is 0 Å². The zero-order chi connectivity index (χ0) is 12.8. The maximum Gasteiger partial charge on any atom is 0.133 e. The first-order chi connectivity index (χ1) is 8.07. The van der Waals surface area contributed by atoms with E-state index in [9.17, 15) is 8.78 Å². The van der Waals surface area contributed by atoms with Gasteiger partial charge in [0.15, 0.2) is 0 Å². The van der Waals surface area contributed by atoms with Gasteiger partial charge < -0.3 is 5.73 Å². The Morgan fingerprint density at radius 1 is 1.18 bits per heavy atom. The Kier molecular flexibility index (Phi) is 5.56. The Bertz CT molecular complexity index is 363. The molecule has 0 spiro atoms. The minimum atomic E-state index is -0.535. The smallest absolute Gasteiger partial charge is 0.133 e. The zero-order valence-electron chi connectivity index (χ0n) is 10.6. The van der Waals surface area contributed by atoms with Crippen LogP contribution in [0.15, 0.2) is 12.1 Å². The van der Waals surface area contributed by atoms with E-state index in [0.717, 1.165) is 25.7 Å². The normalized spacial score (nSPS) is 12.8. The maximum absolute atomic E-state index is 13.8. The van der Waals surface area contributed by atoms with Crippen molar-refractivity contribution in [3.05, 3.63) is 34.9 Å². The molecule has 17 heavy (non-hydrogen) atoms. The SMILES string of the molecule is CCCCCCC(N)c1c(F)ccc(C)c1F. The van der Waals surface area contributed by atoms with Gasteiger partial charge in [-0.05, 0) is 25.0 Å². The van der Waals surface area contributed by atoms with Gasteiger partial charge in [0.1, 0.15) is 11.6 Å². The van der Waals surface area contributed by atoms with Gasteiger partial charge in [0, 0.05) is 11.6 Å². The molecule has 0 amide bonds. The summed E-state index contributed by atoms with van der Waals surface area (Å²) in [5.41, 5.74) is 6.36. The minimum Gasteiger partial charge on any atom is -0.324 e. The van der Waals surface area contributed by atoms with Gasteiger partial charge in [0.05, 0.1) is 0 Å². The molecule has 0 heterocycles. The number of benzene rings is 1. The van der Waals surface area contributed by atoms with E-state index in [2.05, 4.69) is 6.92 Å². The van der Waals surface area contributed by atoms with Crippen LogP contribution in [0, 0.1) is 18.6 Å². The van der Waals surface area contributed by atoms with Crippen molar-refractivity contribution in [2.45, 2.75) is 52.0 Å². The van der Waals surface area contributed by atoms with Crippen LogP contribution in [0.4, 0.5) is 8.78 Å². The summed E-state index contributed by atoms with van der Waals surface area (Å²) in [7, 11) is 0. The molecule has 1 unspecified atom stereocenters. The third-order valence-corrected chi connectivity index (χ3v) is 3.06. The third kappa shape index (κ3) is 3.77. The molecule has 0 aliphatic rings. The summed E-state index contributed by atoms with van der Waals surface area (Å²) >= 11 is 0. The first-order valence-electron chi connectivity index (χ1n) is 6.28. The van der Waals surface area contributed by atoms with Gasteiger partial charge in [0.25, 0.3) is 0 Å². The molecule has 96 valence electrons. The van der Waals surface area contributed by atoms with Crippen molar-refractivity contribution in [2.24, 2.45) is 5.73 Å². The second-order valence-corrected chi connectivity index (χ2v) is 4.55. The number of hydrogen-bond donors (Lipinski definition) is 1. The van der Waals surface area contributed by atoms with E-state index in [0.29, 0.717) is 12.0 Å². The van der Waals surface area contributed by atoms with Crippen LogP contribution in [0.25, 0.3) is 0 Å². The van der Waals surface area contributed by atoms with Crippen LogP contribution in [-0.4, -0.2) is 0 Å². The largest absolute Gasteiger partial charge is 0.324 e. The highest BCUT2D eigenvalue weighted by molar-refractivity contribution is 5.28. The summed E-state index contributed by atoms with van der Waals surface area (Å²) in [5.74, 6) is -1.02. The average molecular weight is 241 g/mol. The molecule has 0 fully saturated rings. The number of nitrogens with two attached hydrogens (primary N) is 1. The number of rotatable bonds is 6. The Labute approximate surface area is 102 Å². The first-order valence-corrected chi connectivity index (χ1v) is 6.28. The van der Waals surface area contributed by atoms with Crippen LogP contribution in [0.1, 0.15) is 56.2 Å². The Balaban J connectivity index is 2.68. The second kappa shape index (κ2) is 6.70. The quantitative estimate of drug-likeness (QED) is 0.740. The van der Waals surface area contributed by atoms with Gasteiger partial charge in [-0.15, -0.1) is 0 Å². The maximum atomic E-state index is 13.8. The van der Waals surface area contributed by atoms with E-state index in [1.807, 2.05) is 0 Å². The standard InChI is InChI=1S/C14H21F2N/c1-3-4-5-6-7-12(17)13-11(15)9-8-10(2)14(13)16/h8-9,12H,3-7,17H2,1-2H3. The molecule has 0 aliphatic carbocycles. The van der Waals surface area contributed by atoms with Crippen molar-refractivity contribution < 1.29 is 8.78 Å². The lowest BCUT2D eigenvalue weighted by Gasteiger charge is -2.15. The van der Waals surface area contributed by atoms with Crippen molar-refractivity contribution >= 4 is 0 Å². The molecule has 1 aromatic rings. The van der Waals surface area contributed by atoms with Crippen LogP contribution in [0.2, 0.25) is 0 Å². The van der Waals surface area contributed by atoms with E-state index in [1.54, 1.807) is 6.92 Å². The summed E-state index contributed by atoms with van der Waals surface area (Å²) < 4.78 is 27.3. The van der Waals surface area contributed by atoms with E-state index < -0.39 is 17.7 Å². The van der Waals surface area contributed by atoms with E-state index in [-0.39, 0.29) is 5.56 Å². The molecule has 1 atom stereocenters. The van der Waals surface area contributed by atoms with Crippen LogP contribution in [0.3, 0.4) is 0 Å². The van der Waals surface area contributed by atoms with E-state index in [1.165, 1.54) is 12.1 Å². The fourth-order valence-corrected chi connectivity index (χ4v) is 1.95. The summed E-state index contributed by atoms with van der Waals surface area (Å²) in [4.78, 5) is 0. The van der Waals surface area contributed by atoms with E-state index in [4.69, 9.17) is 5.73 Å². The molecular weight excluding hydrogens is 220 g/mol.